The lowest BCUT2D eigenvalue weighted by Gasteiger charge is -2.20. The Bertz CT molecular complexity index is 687. The number of ether oxygens (including phenoxy) is 1. The van der Waals surface area contributed by atoms with Gasteiger partial charge in [0.05, 0.1) is 10.9 Å². The van der Waals surface area contributed by atoms with E-state index in [9.17, 15) is 4.79 Å². The molecule has 5 heteroatoms. The van der Waals surface area contributed by atoms with Crippen LogP contribution in [-0.2, 0) is 0 Å². The monoisotopic (exact) mass is 256 g/mol. The molecular weight excluding hydrogens is 244 g/mol. The van der Waals surface area contributed by atoms with Crippen molar-refractivity contribution in [2.75, 3.05) is 0 Å². The average molecular weight is 256 g/mol. The fraction of sp³-hybridized carbons (Fsp3) is 0.214. The molecule has 2 aromatic rings. The Hall–Kier alpha value is -2.61. The number of para-hydroxylation sites is 1. The van der Waals surface area contributed by atoms with Gasteiger partial charge in [0.15, 0.2) is 5.60 Å². The van der Waals surface area contributed by atoms with Crippen molar-refractivity contribution >= 4 is 16.9 Å². The first-order valence-electron chi connectivity index (χ1n) is 5.60. The molecule has 1 N–H and O–H groups in total. The number of terminal acetylenes is 1. The van der Waals surface area contributed by atoms with Crippen LogP contribution in [0.15, 0.2) is 24.3 Å². The molecule has 0 fully saturated rings. The number of nitrogens with zero attached hydrogens (tertiary/aromatic N) is 2. The summed E-state index contributed by atoms with van der Waals surface area (Å²) in [6, 6.07) is 7.00. The Morgan fingerprint density at radius 1 is 1.37 bits per heavy atom. The highest BCUT2D eigenvalue weighted by atomic mass is 16.5. The topological polar surface area (TPSA) is 72.3 Å². The third-order valence-electron chi connectivity index (χ3n) is 2.46. The van der Waals surface area contributed by atoms with E-state index in [0.717, 1.165) is 0 Å². The van der Waals surface area contributed by atoms with Crippen LogP contribution in [0.25, 0.3) is 10.9 Å². The van der Waals surface area contributed by atoms with Crippen LogP contribution in [0.5, 0.6) is 5.88 Å². The standard InChI is InChI=1S/C14H12N2O3/c1-4-14(2,3)19-12-9-7-5-6-8-10(9)15-11(16-12)13(17)18/h1,5-8H,2-3H3,(H,17,18). The highest BCUT2D eigenvalue weighted by Crippen LogP contribution is 2.25. The van der Waals surface area contributed by atoms with Crippen LogP contribution in [0.1, 0.15) is 24.5 Å². The van der Waals surface area contributed by atoms with Gasteiger partial charge in [-0.2, -0.15) is 4.98 Å². The van der Waals surface area contributed by atoms with Crippen LogP contribution in [0.4, 0.5) is 0 Å². The zero-order chi connectivity index (χ0) is 14.0. The number of aromatic nitrogens is 2. The highest BCUT2D eigenvalue weighted by molar-refractivity contribution is 5.90. The summed E-state index contributed by atoms with van der Waals surface area (Å²) in [5.41, 5.74) is -0.384. The minimum absolute atomic E-state index is 0.172. The minimum Gasteiger partial charge on any atom is -0.475 e. The van der Waals surface area contributed by atoms with E-state index in [1.165, 1.54) is 0 Å². The Balaban J connectivity index is 2.64. The van der Waals surface area contributed by atoms with Gasteiger partial charge in [-0.05, 0) is 26.0 Å². The number of hydrogen-bond donors (Lipinski definition) is 1. The average Bonchev–Trinajstić information content (AvgIpc) is 2.38. The van der Waals surface area contributed by atoms with Gasteiger partial charge in [0.1, 0.15) is 0 Å². The van der Waals surface area contributed by atoms with E-state index in [4.69, 9.17) is 16.3 Å². The maximum Gasteiger partial charge on any atom is 0.374 e. The molecule has 0 amide bonds. The van der Waals surface area contributed by atoms with Crippen LogP contribution in [-0.4, -0.2) is 26.6 Å². The van der Waals surface area contributed by atoms with Crippen molar-refractivity contribution in [3.8, 4) is 18.2 Å². The number of rotatable bonds is 3. The quantitative estimate of drug-likeness (QED) is 0.851. The van der Waals surface area contributed by atoms with Crippen molar-refractivity contribution in [3.05, 3.63) is 30.1 Å². The maximum absolute atomic E-state index is 11.0. The molecule has 0 radical (unpaired) electrons. The lowest BCUT2D eigenvalue weighted by Crippen LogP contribution is -2.26. The predicted octanol–water partition coefficient (Wildman–Crippen LogP) is 2.12. The van der Waals surface area contributed by atoms with Gasteiger partial charge in [-0.15, -0.1) is 6.42 Å². The lowest BCUT2D eigenvalue weighted by molar-refractivity contribution is 0.0680. The van der Waals surface area contributed by atoms with Gasteiger partial charge in [0.2, 0.25) is 11.7 Å². The Labute approximate surface area is 110 Å². The second-order valence-electron chi connectivity index (χ2n) is 4.43. The number of carboxylic acids is 1. The van der Waals surface area contributed by atoms with Crippen LogP contribution in [0.3, 0.4) is 0 Å². The normalized spacial score (nSPS) is 11.0. The van der Waals surface area contributed by atoms with Crippen molar-refractivity contribution in [2.24, 2.45) is 0 Å². The zero-order valence-corrected chi connectivity index (χ0v) is 10.5. The summed E-state index contributed by atoms with van der Waals surface area (Å²) < 4.78 is 5.60. The predicted molar refractivity (Wildman–Crippen MR) is 70.0 cm³/mol. The number of carboxylic acid groups (broad SMARTS) is 1. The fourth-order valence-electron chi connectivity index (χ4n) is 1.49. The second kappa shape index (κ2) is 4.58. The molecule has 1 aromatic carbocycles. The largest absolute Gasteiger partial charge is 0.475 e. The van der Waals surface area contributed by atoms with E-state index < -0.39 is 11.6 Å². The minimum atomic E-state index is -1.21. The van der Waals surface area contributed by atoms with Gasteiger partial charge in [-0.25, -0.2) is 9.78 Å². The molecule has 0 aliphatic carbocycles. The molecule has 0 saturated carbocycles. The number of hydrogen-bond acceptors (Lipinski definition) is 4. The summed E-state index contributed by atoms with van der Waals surface area (Å²) >= 11 is 0. The Kier molecular flexibility index (Phi) is 3.09. The summed E-state index contributed by atoms with van der Waals surface area (Å²) in [4.78, 5) is 18.9. The summed E-state index contributed by atoms with van der Waals surface area (Å²) in [7, 11) is 0. The molecule has 0 atom stereocenters. The molecule has 0 saturated heterocycles. The molecule has 19 heavy (non-hydrogen) atoms. The Morgan fingerprint density at radius 2 is 2.05 bits per heavy atom. The summed E-state index contributed by atoms with van der Waals surface area (Å²) in [5.74, 6) is 1.11. The molecule has 0 unspecified atom stereocenters. The molecule has 96 valence electrons. The lowest BCUT2D eigenvalue weighted by atomic mass is 10.1. The van der Waals surface area contributed by atoms with Crippen molar-refractivity contribution in [1.29, 1.82) is 0 Å². The van der Waals surface area contributed by atoms with E-state index in [1.807, 2.05) is 0 Å². The van der Waals surface area contributed by atoms with E-state index in [2.05, 4.69) is 15.9 Å². The van der Waals surface area contributed by atoms with Crippen molar-refractivity contribution in [1.82, 2.24) is 9.97 Å². The maximum atomic E-state index is 11.0. The molecule has 2 rings (SSSR count). The molecule has 1 aromatic heterocycles. The van der Waals surface area contributed by atoms with E-state index in [-0.39, 0.29) is 11.7 Å². The van der Waals surface area contributed by atoms with Crippen LogP contribution in [0.2, 0.25) is 0 Å². The van der Waals surface area contributed by atoms with E-state index >= 15 is 0 Å². The number of aromatic carboxylic acids is 1. The van der Waals surface area contributed by atoms with Crippen molar-refractivity contribution < 1.29 is 14.6 Å². The summed E-state index contributed by atoms with van der Waals surface area (Å²) in [6.07, 6.45) is 5.36. The molecule has 5 nitrogen and oxygen atoms in total. The first-order chi connectivity index (χ1) is 8.93. The number of fused-ring (bicyclic) bond motifs is 1. The van der Waals surface area contributed by atoms with Crippen molar-refractivity contribution in [3.63, 3.8) is 0 Å². The third-order valence-corrected chi connectivity index (χ3v) is 2.46. The third kappa shape index (κ3) is 2.63. The van der Waals surface area contributed by atoms with Gasteiger partial charge < -0.3 is 9.84 Å². The van der Waals surface area contributed by atoms with Crippen molar-refractivity contribution in [2.45, 2.75) is 19.4 Å². The molecular formula is C14H12N2O3. The SMILES string of the molecule is C#CC(C)(C)Oc1nc(C(=O)O)nc2ccccc12. The summed E-state index contributed by atoms with van der Waals surface area (Å²) in [6.45, 7) is 3.40. The molecule has 0 aliphatic heterocycles. The van der Waals surface area contributed by atoms with Crippen LogP contribution >= 0.6 is 0 Å². The molecule has 0 spiro atoms. The first-order valence-corrected chi connectivity index (χ1v) is 5.60. The number of carbonyl (C=O) groups is 1. The second-order valence-corrected chi connectivity index (χ2v) is 4.43. The van der Waals surface area contributed by atoms with E-state index in [0.29, 0.717) is 10.9 Å². The Morgan fingerprint density at radius 3 is 2.68 bits per heavy atom. The zero-order valence-electron chi connectivity index (χ0n) is 10.5. The fourth-order valence-corrected chi connectivity index (χ4v) is 1.49. The summed E-state index contributed by atoms with van der Waals surface area (Å²) in [5, 5.41) is 9.62. The molecule has 0 bridgehead atoms. The van der Waals surface area contributed by atoms with Crippen LogP contribution < -0.4 is 4.74 Å². The smallest absolute Gasteiger partial charge is 0.374 e. The van der Waals surface area contributed by atoms with Gasteiger partial charge in [-0.3, -0.25) is 0 Å². The number of benzene rings is 1. The van der Waals surface area contributed by atoms with Gasteiger partial charge in [0.25, 0.3) is 0 Å². The first kappa shape index (κ1) is 12.8. The van der Waals surface area contributed by atoms with E-state index in [1.54, 1.807) is 38.1 Å². The van der Waals surface area contributed by atoms with Gasteiger partial charge in [0, 0.05) is 0 Å². The molecule has 0 aliphatic rings. The van der Waals surface area contributed by atoms with Crippen LogP contribution in [0, 0.1) is 12.3 Å². The van der Waals surface area contributed by atoms with Gasteiger partial charge >= 0.3 is 5.97 Å². The molecule has 1 heterocycles. The van der Waals surface area contributed by atoms with Gasteiger partial charge in [-0.1, -0.05) is 18.1 Å². The highest BCUT2D eigenvalue weighted by Gasteiger charge is 2.20.